The molecule has 0 amide bonds. The highest BCUT2D eigenvalue weighted by Gasteiger charge is 2.30. The highest BCUT2D eigenvalue weighted by molar-refractivity contribution is 6.25. The summed E-state index contributed by atoms with van der Waals surface area (Å²) in [6, 6.07) is 9.52. The van der Waals surface area contributed by atoms with Crippen molar-refractivity contribution in [3.05, 3.63) is 47.0 Å². The van der Waals surface area contributed by atoms with Gasteiger partial charge in [-0.05, 0) is 92.6 Å². The Hall–Kier alpha value is -0.750. The first-order chi connectivity index (χ1) is 11.8. The molecule has 1 heteroatoms. The van der Waals surface area contributed by atoms with Crippen molar-refractivity contribution in [1.29, 1.82) is 0 Å². The Kier molecular flexibility index (Phi) is 6.84. The van der Waals surface area contributed by atoms with E-state index in [2.05, 4.69) is 37.3 Å². The second kappa shape index (κ2) is 9.09. The quantitative estimate of drug-likeness (QED) is 0.519. The van der Waals surface area contributed by atoms with Crippen LogP contribution in [-0.2, 0) is 6.42 Å². The number of hydrogen-bond acceptors (Lipinski definition) is 0. The van der Waals surface area contributed by atoms with E-state index in [1.54, 1.807) is 11.1 Å². The third-order valence-corrected chi connectivity index (χ3v) is 6.74. The molecule has 0 nitrogen and oxygen atoms in total. The predicted molar refractivity (Wildman–Crippen MR) is 106 cm³/mol. The summed E-state index contributed by atoms with van der Waals surface area (Å²) in [5, 5.41) is 0. The molecule has 2 fully saturated rings. The molecule has 132 valence electrons. The molecule has 0 radical (unpaired) electrons. The van der Waals surface area contributed by atoms with E-state index in [0.29, 0.717) is 0 Å². The second-order valence-corrected chi connectivity index (χ2v) is 8.35. The molecule has 2 aliphatic rings. The van der Waals surface area contributed by atoms with Gasteiger partial charge in [0, 0.05) is 5.54 Å². The smallest absolute Gasteiger partial charge is 0.000525 e. The molecular formula is C23H33Cl. The van der Waals surface area contributed by atoms with Crippen LogP contribution in [0.4, 0.5) is 0 Å². The van der Waals surface area contributed by atoms with Gasteiger partial charge in [0.2, 0.25) is 0 Å². The van der Waals surface area contributed by atoms with E-state index in [9.17, 15) is 0 Å². The molecule has 0 atom stereocenters. The van der Waals surface area contributed by atoms with Gasteiger partial charge in [-0.3, -0.25) is 0 Å². The minimum absolute atomic E-state index is 0.747. The molecule has 0 saturated heterocycles. The standard InChI is InChI=1S/C23H33Cl/c1-2-3-18-4-8-20(9-5-18)22-12-14-23(15-13-22)21-10-6-19(7-11-21)16-17-24/h4-5,8-9,16-17,19,21-23H,2-3,6-7,10-15H2,1H3/b17-16+. The zero-order chi connectivity index (χ0) is 16.8. The van der Waals surface area contributed by atoms with Crippen LogP contribution in [0.15, 0.2) is 35.9 Å². The molecule has 0 spiro atoms. The zero-order valence-electron chi connectivity index (χ0n) is 15.2. The third-order valence-electron chi connectivity index (χ3n) is 6.59. The number of hydrogen-bond donors (Lipinski definition) is 0. The van der Waals surface area contributed by atoms with E-state index in [1.165, 1.54) is 69.8 Å². The number of rotatable bonds is 5. The van der Waals surface area contributed by atoms with Gasteiger partial charge in [-0.1, -0.05) is 55.3 Å². The summed E-state index contributed by atoms with van der Waals surface area (Å²) in [7, 11) is 0. The lowest BCUT2D eigenvalue weighted by Crippen LogP contribution is -2.25. The highest BCUT2D eigenvalue weighted by Crippen LogP contribution is 2.44. The fraction of sp³-hybridized carbons (Fsp3) is 0.652. The maximum Gasteiger partial charge on any atom is 0.000525 e. The summed E-state index contributed by atoms with van der Waals surface area (Å²) in [6.45, 7) is 2.26. The van der Waals surface area contributed by atoms with Crippen molar-refractivity contribution < 1.29 is 0 Å². The highest BCUT2D eigenvalue weighted by atomic mass is 35.5. The summed E-state index contributed by atoms with van der Waals surface area (Å²) in [5.41, 5.74) is 4.81. The fourth-order valence-electron chi connectivity index (χ4n) is 5.08. The van der Waals surface area contributed by atoms with Crippen LogP contribution >= 0.6 is 11.6 Å². The second-order valence-electron chi connectivity index (χ2n) is 8.10. The van der Waals surface area contributed by atoms with Crippen LogP contribution < -0.4 is 0 Å². The largest absolute Gasteiger partial charge is 0.0933 e. The Morgan fingerprint density at radius 3 is 2.00 bits per heavy atom. The van der Waals surface area contributed by atoms with E-state index < -0.39 is 0 Å². The molecule has 0 unspecified atom stereocenters. The van der Waals surface area contributed by atoms with E-state index in [4.69, 9.17) is 11.6 Å². The van der Waals surface area contributed by atoms with E-state index in [1.807, 2.05) is 0 Å². The number of benzene rings is 1. The predicted octanol–water partition coefficient (Wildman–Crippen LogP) is 7.47. The van der Waals surface area contributed by atoms with E-state index in [-0.39, 0.29) is 0 Å². The Morgan fingerprint density at radius 1 is 0.875 bits per heavy atom. The van der Waals surface area contributed by atoms with Crippen molar-refractivity contribution in [2.75, 3.05) is 0 Å². The summed E-state index contributed by atoms with van der Waals surface area (Å²) in [6.07, 6.45) is 15.9. The van der Waals surface area contributed by atoms with Crippen LogP contribution in [0.3, 0.4) is 0 Å². The molecule has 24 heavy (non-hydrogen) atoms. The molecule has 3 rings (SSSR count). The minimum Gasteiger partial charge on any atom is -0.0933 e. The molecule has 0 heterocycles. The molecule has 0 N–H and O–H groups in total. The fourth-order valence-corrected chi connectivity index (χ4v) is 5.29. The summed E-state index contributed by atoms with van der Waals surface area (Å²) in [4.78, 5) is 0. The summed E-state index contributed by atoms with van der Waals surface area (Å²) < 4.78 is 0. The maximum absolute atomic E-state index is 5.74. The number of halogens is 1. The van der Waals surface area contributed by atoms with Crippen LogP contribution in [0.2, 0.25) is 0 Å². The SMILES string of the molecule is CCCc1ccc(C2CCC(C3CCC(/C=C/Cl)CC3)CC2)cc1. The number of allylic oxidation sites excluding steroid dienone is 1. The summed E-state index contributed by atoms with van der Waals surface area (Å²) in [5.74, 6) is 3.53. The average molecular weight is 345 g/mol. The molecule has 0 aromatic heterocycles. The molecular weight excluding hydrogens is 312 g/mol. The first-order valence-corrected chi connectivity index (χ1v) is 10.6. The van der Waals surface area contributed by atoms with Gasteiger partial charge in [0.1, 0.15) is 0 Å². The lowest BCUT2D eigenvalue weighted by molar-refractivity contribution is 0.171. The zero-order valence-corrected chi connectivity index (χ0v) is 16.0. The summed E-state index contributed by atoms with van der Waals surface area (Å²) >= 11 is 5.74. The lowest BCUT2D eigenvalue weighted by Gasteiger charge is -2.37. The maximum atomic E-state index is 5.74. The lowest BCUT2D eigenvalue weighted by atomic mass is 9.68. The monoisotopic (exact) mass is 344 g/mol. The molecule has 0 bridgehead atoms. The van der Waals surface area contributed by atoms with Gasteiger partial charge in [-0.25, -0.2) is 0 Å². The number of aryl methyl sites for hydroxylation is 1. The van der Waals surface area contributed by atoms with Crippen LogP contribution in [0.25, 0.3) is 0 Å². The molecule has 2 saturated carbocycles. The van der Waals surface area contributed by atoms with Crippen molar-refractivity contribution >= 4 is 11.6 Å². The van der Waals surface area contributed by atoms with Crippen molar-refractivity contribution in [3.8, 4) is 0 Å². The molecule has 1 aromatic rings. The van der Waals surface area contributed by atoms with Crippen LogP contribution in [0.5, 0.6) is 0 Å². The van der Waals surface area contributed by atoms with Crippen molar-refractivity contribution in [2.24, 2.45) is 17.8 Å². The van der Waals surface area contributed by atoms with Crippen LogP contribution in [0, 0.1) is 17.8 Å². The Bertz CT molecular complexity index is 499. The molecule has 2 aliphatic carbocycles. The van der Waals surface area contributed by atoms with Gasteiger partial charge in [-0.15, -0.1) is 0 Å². The van der Waals surface area contributed by atoms with E-state index in [0.717, 1.165) is 23.7 Å². The first kappa shape index (κ1) is 18.1. The molecule has 1 aromatic carbocycles. The van der Waals surface area contributed by atoms with Gasteiger partial charge >= 0.3 is 0 Å². The van der Waals surface area contributed by atoms with Gasteiger partial charge in [0.25, 0.3) is 0 Å². The van der Waals surface area contributed by atoms with Gasteiger partial charge < -0.3 is 0 Å². The van der Waals surface area contributed by atoms with Gasteiger partial charge in [0.05, 0.1) is 0 Å². The van der Waals surface area contributed by atoms with Crippen LogP contribution in [0.1, 0.15) is 81.8 Å². The first-order valence-electron chi connectivity index (χ1n) is 10.2. The van der Waals surface area contributed by atoms with E-state index >= 15 is 0 Å². The Balaban J connectivity index is 1.47. The average Bonchev–Trinajstić information content (AvgIpc) is 2.64. The van der Waals surface area contributed by atoms with Crippen molar-refractivity contribution in [2.45, 2.75) is 77.0 Å². The normalized spacial score (nSPS) is 31.4. The van der Waals surface area contributed by atoms with Crippen molar-refractivity contribution in [3.63, 3.8) is 0 Å². The Labute approximate surface area is 153 Å². The minimum atomic E-state index is 0.747. The van der Waals surface area contributed by atoms with Crippen LogP contribution in [-0.4, -0.2) is 0 Å². The topological polar surface area (TPSA) is 0 Å². The Morgan fingerprint density at radius 2 is 1.46 bits per heavy atom. The van der Waals surface area contributed by atoms with Crippen molar-refractivity contribution in [1.82, 2.24) is 0 Å². The third kappa shape index (κ3) is 4.66. The molecule has 0 aliphatic heterocycles. The van der Waals surface area contributed by atoms with Gasteiger partial charge in [-0.2, -0.15) is 0 Å². The van der Waals surface area contributed by atoms with Gasteiger partial charge in [0.15, 0.2) is 0 Å².